The summed E-state index contributed by atoms with van der Waals surface area (Å²) in [6, 6.07) is 6.06. The molecule has 2 N–H and O–H groups in total. The molecule has 0 unspecified atom stereocenters. The summed E-state index contributed by atoms with van der Waals surface area (Å²) in [5.41, 5.74) is 7.78. The van der Waals surface area contributed by atoms with Crippen LogP contribution in [0.25, 0.3) is 0 Å². The lowest BCUT2D eigenvalue weighted by Gasteiger charge is -2.34. The van der Waals surface area contributed by atoms with Gasteiger partial charge in [0.15, 0.2) is 0 Å². The third kappa shape index (κ3) is 3.53. The van der Waals surface area contributed by atoms with Gasteiger partial charge in [0, 0.05) is 31.4 Å². The lowest BCUT2D eigenvalue weighted by Crippen LogP contribution is -2.37. The van der Waals surface area contributed by atoms with E-state index in [2.05, 4.69) is 30.0 Å². The average molecular weight is 263 g/mol. The second kappa shape index (κ2) is 6.15. The van der Waals surface area contributed by atoms with Gasteiger partial charge in [0.25, 0.3) is 0 Å². The minimum atomic E-state index is 0.703. The quantitative estimate of drug-likeness (QED) is 0.844. The van der Waals surface area contributed by atoms with Gasteiger partial charge in [-0.15, -0.1) is 0 Å². The number of hydrogen-bond donors (Lipinski definition) is 1. The molecule has 4 nitrogen and oxygen atoms in total. The Labute approximate surface area is 116 Å². The normalized spacial score (nSPS) is 16.9. The van der Waals surface area contributed by atoms with Crippen LogP contribution in [0, 0.1) is 5.92 Å². The largest absolute Gasteiger partial charge is 0.495 e. The summed E-state index contributed by atoms with van der Waals surface area (Å²) in [6.07, 6.45) is 2.51. The van der Waals surface area contributed by atoms with E-state index in [1.807, 2.05) is 12.1 Å². The highest BCUT2D eigenvalue weighted by molar-refractivity contribution is 5.62. The zero-order chi connectivity index (χ0) is 13.8. The number of ether oxygens (including phenoxy) is 1. The summed E-state index contributed by atoms with van der Waals surface area (Å²) >= 11 is 0. The predicted octanol–water partition coefficient (Wildman–Crippen LogP) is 2.06. The average Bonchev–Trinajstić information content (AvgIpc) is 2.40. The highest BCUT2D eigenvalue weighted by Gasteiger charge is 2.20. The molecule has 0 aromatic heterocycles. The zero-order valence-electron chi connectivity index (χ0n) is 12.2. The van der Waals surface area contributed by atoms with Crippen LogP contribution in [0.2, 0.25) is 0 Å². The molecule has 1 aliphatic rings. The van der Waals surface area contributed by atoms with Crippen LogP contribution in [0.15, 0.2) is 18.2 Å². The fraction of sp³-hybridized carbons (Fsp3) is 0.600. The van der Waals surface area contributed by atoms with Crippen molar-refractivity contribution in [1.29, 1.82) is 0 Å². The van der Waals surface area contributed by atoms with Gasteiger partial charge >= 0.3 is 0 Å². The monoisotopic (exact) mass is 263 g/mol. The molecule has 4 heteroatoms. The minimum absolute atomic E-state index is 0.703. The summed E-state index contributed by atoms with van der Waals surface area (Å²) in [5, 5.41) is 0. The van der Waals surface area contributed by atoms with Crippen molar-refractivity contribution in [2.45, 2.75) is 12.8 Å². The molecule has 0 bridgehead atoms. The number of piperidine rings is 1. The maximum atomic E-state index is 5.86. The molecule has 19 heavy (non-hydrogen) atoms. The number of nitrogens with two attached hydrogens (primary N) is 1. The number of nitrogens with zero attached hydrogens (tertiary/aromatic N) is 2. The van der Waals surface area contributed by atoms with Crippen LogP contribution in [-0.2, 0) is 0 Å². The molecular formula is C15H25N3O. The Balaban J connectivity index is 1.97. The second-order valence-electron chi connectivity index (χ2n) is 5.62. The van der Waals surface area contributed by atoms with Gasteiger partial charge in [0.1, 0.15) is 5.75 Å². The molecule has 1 saturated heterocycles. The van der Waals surface area contributed by atoms with Gasteiger partial charge in [-0.05, 0) is 45.0 Å². The van der Waals surface area contributed by atoms with E-state index in [9.17, 15) is 0 Å². The lowest BCUT2D eigenvalue weighted by atomic mass is 9.96. The van der Waals surface area contributed by atoms with Crippen molar-refractivity contribution in [3.05, 3.63) is 18.2 Å². The van der Waals surface area contributed by atoms with Crippen molar-refractivity contribution in [3.8, 4) is 5.75 Å². The van der Waals surface area contributed by atoms with E-state index in [1.54, 1.807) is 7.11 Å². The van der Waals surface area contributed by atoms with Crippen LogP contribution in [0.5, 0.6) is 5.75 Å². The zero-order valence-corrected chi connectivity index (χ0v) is 12.2. The Morgan fingerprint density at radius 2 is 2.00 bits per heavy atom. The maximum Gasteiger partial charge on any atom is 0.143 e. The Bertz CT molecular complexity index is 412. The van der Waals surface area contributed by atoms with Gasteiger partial charge < -0.3 is 20.3 Å². The van der Waals surface area contributed by atoms with Crippen molar-refractivity contribution in [1.82, 2.24) is 4.90 Å². The standard InChI is InChI=1S/C15H25N3O/c1-17(2)11-12-6-8-18(9-7-12)13-4-5-14(16)15(10-13)19-3/h4-5,10,12H,6-9,11,16H2,1-3H3. The summed E-state index contributed by atoms with van der Waals surface area (Å²) < 4.78 is 5.29. The molecule has 1 aliphatic heterocycles. The van der Waals surface area contributed by atoms with E-state index in [-0.39, 0.29) is 0 Å². The summed E-state index contributed by atoms with van der Waals surface area (Å²) in [7, 11) is 5.97. The molecule has 0 spiro atoms. The highest BCUT2D eigenvalue weighted by Crippen LogP contribution is 2.30. The molecular weight excluding hydrogens is 238 g/mol. The Morgan fingerprint density at radius 3 is 2.58 bits per heavy atom. The van der Waals surface area contributed by atoms with Crippen LogP contribution in [0.4, 0.5) is 11.4 Å². The van der Waals surface area contributed by atoms with Crippen LogP contribution in [-0.4, -0.2) is 45.7 Å². The molecule has 106 valence electrons. The van der Waals surface area contributed by atoms with Crippen LogP contribution < -0.4 is 15.4 Å². The molecule has 1 aromatic rings. The van der Waals surface area contributed by atoms with Gasteiger partial charge in [-0.2, -0.15) is 0 Å². The summed E-state index contributed by atoms with van der Waals surface area (Å²) in [6.45, 7) is 3.43. The van der Waals surface area contributed by atoms with E-state index in [0.717, 1.165) is 24.8 Å². The van der Waals surface area contributed by atoms with E-state index >= 15 is 0 Å². The molecule has 1 fully saturated rings. The minimum Gasteiger partial charge on any atom is -0.495 e. The second-order valence-corrected chi connectivity index (χ2v) is 5.62. The number of benzene rings is 1. The van der Waals surface area contributed by atoms with Gasteiger partial charge in [0.05, 0.1) is 12.8 Å². The molecule has 0 atom stereocenters. The number of hydrogen-bond acceptors (Lipinski definition) is 4. The van der Waals surface area contributed by atoms with Crippen LogP contribution in [0.3, 0.4) is 0 Å². The van der Waals surface area contributed by atoms with Gasteiger partial charge in [-0.3, -0.25) is 0 Å². The smallest absolute Gasteiger partial charge is 0.143 e. The number of anilines is 2. The van der Waals surface area contributed by atoms with Crippen LogP contribution >= 0.6 is 0 Å². The fourth-order valence-corrected chi connectivity index (χ4v) is 2.79. The van der Waals surface area contributed by atoms with Gasteiger partial charge in [0.2, 0.25) is 0 Å². The van der Waals surface area contributed by atoms with E-state index in [1.165, 1.54) is 25.1 Å². The first kappa shape index (κ1) is 14.0. The molecule has 0 aliphatic carbocycles. The van der Waals surface area contributed by atoms with Gasteiger partial charge in [-0.1, -0.05) is 0 Å². The Kier molecular flexibility index (Phi) is 4.53. The first-order valence-corrected chi connectivity index (χ1v) is 6.93. The summed E-state index contributed by atoms with van der Waals surface area (Å²) in [5.74, 6) is 1.59. The molecule has 0 amide bonds. The van der Waals surface area contributed by atoms with E-state index in [0.29, 0.717) is 5.69 Å². The Hall–Kier alpha value is -1.42. The van der Waals surface area contributed by atoms with Crippen molar-refractivity contribution >= 4 is 11.4 Å². The number of rotatable bonds is 4. The van der Waals surface area contributed by atoms with Crippen LogP contribution in [0.1, 0.15) is 12.8 Å². The predicted molar refractivity (Wildman–Crippen MR) is 80.9 cm³/mol. The van der Waals surface area contributed by atoms with E-state index < -0.39 is 0 Å². The fourth-order valence-electron chi connectivity index (χ4n) is 2.79. The Morgan fingerprint density at radius 1 is 1.32 bits per heavy atom. The molecule has 1 heterocycles. The third-order valence-electron chi connectivity index (χ3n) is 3.82. The number of methoxy groups -OCH3 is 1. The molecule has 0 radical (unpaired) electrons. The van der Waals surface area contributed by atoms with Crippen molar-refractivity contribution in [2.24, 2.45) is 5.92 Å². The summed E-state index contributed by atoms with van der Waals surface area (Å²) in [4.78, 5) is 4.71. The lowest BCUT2D eigenvalue weighted by molar-refractivity contribution is 0.285. The maximum absolute atomic E-state index is 5.86. The highest BCUT2D eigenvalue weighted by atomic mass is 16.5. The topological polar surface area (TPSA) is 41.7 Å². The molecule has 2 rings (SSSR count). The third-order valence-corrected chi connectivity index (χ3v) is 3.82. The van der Waals surface area contributed by atoms with Crippen molar-refractivity contribution in [3.63, 3.8) is 0 Å². The van der Waals surface area contributed by atoms with Crippen molar-refractivity contribution in [2.75, 3.05) is 51.5 Å². The van der Waals surface area contributed by atoms with Gasteiger partial charge in [-0.25, -0.2) is 0 Å². The SMILES string of the molecule is COc1cc(N2CCC(CN(C)C)CC2)ccc1N. The molecule has 0 saturated carbocycles. The first-order valence-electron chi connectivity index (χ1n) is 6.93. The van der Waals surface area contributed by atoms with E-state index in [4.69, 9.17) is 10.5 Å². The molecule has 1 aromatic carbocycles. The first-order chi connectivity index (χ1) is 9.10. The van der Waals surface area contributed by atoms with Crippen molar-refractivity contribution < 1.29 is 4.74 Å². The number of nitrogen functional groups attached to an aromatic ring is 1.